The number of para-hydroxylation sites is 1. The SMILES string of the molecule is Cc1ccc(C)c(N(CC(=O)NCCCN(C)c2ccccc2)S(C)(=O)=O)c1. The number of nitrogens with one attached hydrogen (secondary N) is 1. The van der Waals surface area contributed by atoms with Crippen LogP contribution in [0.25, 0.3) is 0 Å². The molecule has 2 rings (SSSR count). The molecule has 1 amide bonds. The number of aryl methyl sites for hydroxylation is 2. The first kappa shape index (κ1) is 21.8. The molecule has 0 aliphatic heterocycles. The van der Waals surface area contributed by atoms with Crippen molar-refractivity contribution in [3.05, 3.63) is 59.7 Å². The third-order valence-electron chi connectivity index (χ3n) is 4.51. The van der Waals surface area contributed by atoms with Crippen LogP contribution in [0.1, 0.15) is 17.5 Å². The first-order valence-corrected chi connectivity index (χ1v) is 11.1. The van der Waals surface area contributed by atoms with Crippen molar-refractivity contribution in [3.8, 4) is 0 Å². The van der Waals surface area contributed by atoms with Crippen molar-refractivity contribution in [2.24, 2.45) is 0 Å². The zero-order valence-electron chi connectivity index (χ0n) is 17.0. The molecular formula is C21H29N3O3S. The average Bonchev–Trinajstić information content (AvgIpc) is 2.65. The fourth-order valence-electron chi connectivity index (χ4n) is 2.91. The summed E-state index contributed by atoms with van der Waals surface area (Å²) in [5.41, 5.74) is 3.42. The lowest BCUT2D eigenvalue weighted by Crippen LogP contribution is -2.41. The molecule has 0 heterocycles. The van der Waals surface area contributed by atoms with E-state index >= 15 is 0 Å². The predicted octanol–water partition coefficient (Wildman–Crippen LogP) is 2.71. The second-order valence-corrected chi connectivity index (χ2v) is 8.93. The lowest BCUT2D eigenvalue weighted by molar-refractivity contribution is -0.119. The van der Waals surface area contributed by atoms with Gasteiger partial charge in [0.1, 0.15) is 6.54 Å². The summed E-state index contributed by atoms with van der Waals surface area (Å²) in [5.74, 6) is -0.311. The van der Waals surface area contributed by atoms with E-state index in [0.29, 0.717) is 12.2 Å². The van der Waals surface area contributed by atoms with Gasteiger partial charge in [-0.3, -0.25) is 9.10 Å². The molecule has 0 aliphatic carbocycles. The van der Waals surface area contributed by atoms with Crippen LogP contribution in [0.2, 0.25) is 0 Å². The van der Waals surface area contributed by atoms with Crippen LogP contribution in [-0.4, -0.2) is 47.3 Å². The molecule has 28 heavy (non-hydrogen) atoms. The van der Waals surface area contributed by atoms with Gasteiger partial charge in [0.05, 0.1) is 11.9 Å². The molecule has 0 saturated heterocycles. The number of sulfonamides is 1. The summed E-state index contributed by atoms with van der Waals surface area (Å²) in [6, 6.07) is 15.6. The summed E-state index contributed by atoms with van der Waals surface area (Å²) in [5, 5.41) is 2.82. The van der Waals surface area contributed by atoms with Crippen molar-refractivity contribution in [2.45, 2.75) is 20.3 Å². The van der Waals surface area contributed by atoms with Crippen LogP contribution in [0, 0.1) is 13.8 Å². The fraction of sp³-hybridized carbons (Fsp3) is 0.381. The van der Waals surface area contributed by atoms with Crippen molar-refractivity contribution >= 4 is 27.3 Å². The van der Waals surface area contributed by atoms with Gasteiger partial charge in [-0.25, -0.2) is 8.42 Å². The van der Waals surface area contributed by atoms with E-state index in [1.807, 2.05) is 63.4 Å². The highest BCUT2D eigenvalue weighted by molar-refractivity contribution is 7.92. The minimum Gasteiger partial charge on any atom is -0.375 e. The molecule has 0 aliphatic rings. The molecule has 2 aromatic carbocycles. The molecule has 1 N–H and O–H groups in total. The maximum Gasteiger partial charge on any atom is 0.240 e. The topological polar surface area (TPSA) is 69.7 Å². The average molecular weight is 404 g/mol. The normalized spacial score (nSPS) is 11.1. The molecule has 152 valence electrons. The third kappa shape index (κ3) is 6.27. The Balaban J connectivity index is 1.91. The van der Waals surface area contributed by atoms with Gasteiger partial charge in [-0.15, -0.1) is 0 Å². The number of anilines is 2. The molecule has 0 atom stereocenters. The van der Waals surface area contributed by atoms with Gasteiger partial charge in [0.2, 0.25) is 15.9 Å². The van der Waals surface area contributed by atoms with Gasteiger partial charge in [-0.05, 0) is 49.6 Å². The van der Waals surface area contributed by atoms with E-state index in [2.05, 4.69) is 10.2 Å². The van der Waals surface area contributed by atoms with Crippen molar-refractivity contribution in [3.63, 3.8) is 0 Å². The highest BCUT2D eigenvalue weighted by atomic mass is 32.2. The molecule has 0 unspecified atom stereocenters. The van der Waals surface area contributed by atoms with Gasteiger partial charge in [0.15, 0.2) is 0 Å². The van der Waals surface area contributed by atoms with E-state index in [0.717, 1.165) is 36.0 Å². The molecule has 2 aromatic rings. The summed E-state index contributed by atoms with van der Waals surface area (Å²) in [7, 11) is -1.57. The van der Waals surface area contributed by atoms with Crippen molar-refractivity contribution in [1.29, 1.82) is 0 Å². The Morgan fingerprint density at radius 3 is 2.39 bits per heavy atom. The number of benzene rings is 2. The van der Waals surface area contributed by atoms with Gasteiger partial charge in [0.25, 0.3) is 0 Å². The van der Waals surface area contributed by atoms with Crippen LogP contribution in [0.15, 0.2) is 48.5 Å². The Morgan fingerprint density at radius 2 is 1.75 bits per heavy atom. The Labute approximate surface area is 168 Å². The van der Waals surface area contributed by atoms with Crippen LogP contribution < -0.4 is 14.5 Å². The quantitative estimate of drug-likeness (QED) is 0.654. The molecule has 0 fully saturated rings. The first-order chi connectivity index (χ1) is 13.2. The number of amides is 1. The lowest BCUT2D eigenvalue weighted by atomic mass is 10.1. The van der Waals surface area contributed by atoms with Gasteiger partial charge in [-0.1, -0.05) is 30.3 Å². The second kappa shape index (κ2) is 9.59. The van der Waals surface area contributed by atoms with Crippen LogP contribution in [-0.2, 0) is 14.8 Å². The second-order valence-electron chi connectivity index (χ2n) is 7.02. The molecular weight excluding hydrogens is 374 g/mol. The minimum absolute atomic E-state index is 0.225. The summed E-state index contributed by atoms with van der Waals surface area (Å²) in [6.07, 6.45) is 1.89. The molecule has 0 aromatic heterocycles. The zero-order valence-corrected chi connectivity index (χ0v) is 17.8. The highest BCUT2D eigenvalue weighted by Crippen LogP contribution is 2.23. The standard InChI is InChI=1S/C21H29N3O3S/c1-17-11-12-18(2)20(15-17)24(28(4,26)27)16-21(25)22-13-8-14-23(3)19-9-6-5-7-10-19/h5-7,9-12,15H,8,13-14,16H2,1-4H3,(H,22,25). The number of carbonyl (C=O) groups excluding carboxylic acids is 1. The van der Waals surface area contributed by atoms with Crippen molar-refractivity contribution < 1.29 is 13.2 Å². The minimum atomic E-state index is -3.57. The van der Waals surface area contributed by atoms with Crippen LogP contribution >= 0.6 is 0 Å². The van der Waals surface area contributed by atoms with E-state index in [4.69, 9.17) is 0 Å². The van der Waals surface area contributed by atoms with Gasteiger partial charge >= 0.3 is 0 Å². The number of rotatable bonds is 9. The Hall–Kier alpha value is -2.54. The van der Waals surface area contributed by atoms with Gasteiger partial charge in [-0.2, -0.15) is 0 Å². The molecule has 0 spiro atoms. The number of hydrogen-bond donors (Lipinski definition) is 1. The smallest absolute Gasteiger partial charge is 0.240 e. The lowest BCUT2D eigenvalue weighted by Gasteiger charge is -2.24. The van der Waals surface area contributed by atoms with E-state index in [9.17, 15) is 13.2 Å². The van der Waals surface area contributed by atoms with Gasteiger partial charge < -0.3 is 10.2 Å². The zero-order chi connectivity index (χ0) is 20.7. The third-order valence-corrected chi connectivity index (χ3v) is 5.64. The van der Waals surface area contributed by atoms with E-state index in [1.54, 1.807) is 6.07 Å². The molecule has 7 heteroatoms. The van der Waals surface area contributed by atoms with E-state index in [-0.39, 0.29) is 12.5 Å². The predicted molar refractivity (Wildman–Crippen MR) is 115 cm³/mol. The van der Waals surface area contributed by atoms with Crippen LogP contribution in [0.3, 0.4) is 0 Å². The van der Waals surface area contributed by atoms with Crippen molar-refractivity contribution in [1.82, 2.24) is 5.32 Å². The van der Waals surface area contributed by atoms with Crippen molar-refractivity contribution in [2.75, 3.05) is 42.1 Å². The number of carbonyl (C=O) groups is 1. The monoisotopic (exact) mass is 403 g/mol. The Morgan fingerprint density at radius 1 is 1.07 bits per heavy atom. The fourth-order valence-corrected chi connectivity index (χ4v) is 3.82. The number of nitrogens with zero attached hydrogens (tertiary/aromatic N) is 2. The Bertz CT molecular complexity index is 898. The Kier molecular flexibility index (Phi) is 7.45. The maximum absolute atomic E-state index is 12.4. The first-order valence-electron chi connectivity index (χ1n) is 9.26. The largest absolute Gasteiger partial charge is 0.375 e. The van der Waals surface area contributed by atoms with Crippen LogP contribution in [0.5, 0.6) is 0 Å². The maximum atomic E-state index is 12.4. The van der Waals surface area contributed by atoms with E-state index in [1.165, 1.54) is 4.31 Å². The number of hydrogen-bond acceptors (Lipinski definition) is 4. The van der Waals surface area contributed by atoms with Gasteiger partial charge in [0, 0.05) is 25.8 Å². The van der Waals surface area contributed by atoms with Crippen LogP contribution in [0.4, 0.5) is 11.4 Å². The molecule has 6 nitrogen and oxygen atoms in total. The molecule has 0 bridgehead atoms. The summed E-state index contributed by atoms with van der Waals surface area (Å²) in [6.45, 7) is 4.78. The molecule has 0 radical (unpaired) electrons. The molecule has 0 saturated carbocycles. The summed E-state index contributed by atoms with van der Waals surface area (Å²) < 4.78 is 25.7. The highest BCUT2D eigenvalue weighted by Gasteiger charge is 2.22. The summed E-state index contributed by atoms with van der Waals surface area (Å²) >= 11 is 0. The van der Waals surface area contributed by atoms with E-state index < -0.39 is 10.0 Å². The summed E-state index contributed by atoms with van der Waals surface area (Å²) in [4.78, 5) is 14.5.